The number of ketones is 1. The normalized spacial score (nSPS) is 11.2. The molecule has 0 spiro atoms. The average Bonchev–Trinajstić information content (AvgIpc) is 3.22. The third kappa shape index (κ3) is 2.65. The van der Waals surface area contributed by atoms with Gasteiger partial charge in [-0.1, -0.05) is 25.1 Å². The van der Waals surface area contributed by atoms with Gasteiger partial charge in [-0.3, -0.25) is 9.32 Å². The van der Waals surface area contributed by atoms with Crippen molar-refractivity contribution in [3.63, 3.8) is 0 Å². The van der Waals surface area contributed by atoms with Crippen LogP contribution in [0.5, 0.6) is 0 Å². The zero-order valence-electron chi connectivity index (χ0n) is 15.7. The summed E-state index contributed by atoms with van der Waals surface area (Å²) < 4.78 is 6.23. The number of nitrogen functional groups attached to an aromatic ring is 1. The highest BCUT2D eigenvalue weighted by Gasteiger charge is 2.34. The van der Waals surface area contributed by atoms with Crippen LogP contribution >= 0.6 is 11.3 Å². The Hall–Kier alpha value is -3.26. The number of nitrogens with one attached hydrogen (secondary N) is 1. The van der Waals surface area contributed by atoms with E-state index in [1.807, 2.05) is 19.9 Å². The molecule has 28 heavy (non-hydrogen) atoms. The fraction of sp³-hybridized carbons (Fsp3) is 0.200. The Morgan fingerprint density at radius 2 is 2.00 bits per heavy atom. The van der Waals surface area contributed by atoms with Crippen molar-refractivity contribution in [2.75, 3.05) is 5.73 Å². The van der Waals surface area contributed by atoms with Crippen LogP contribution in [0.4, 0.5) is 5.69 Å². The smallest absolute Gasteiger partial charge is 0.397 e. The monoisotopic (exact) mass is 395 g/mol. The molecule has 1 aromatic carbocycles. The van der Waals surface area contributed by atoms with Crippen LogP contribution in [0, 0.1) is 13.8 Å². The van der Waals surface area contributed by atoms with E-state index in [0.29, 0.717) is 16.2 Å². The number of nitrogens with two attached hydrogens (primary N) is 1. The number of aromatic amines is 1. The van der Waals surface area contributed by atoms with E-state index in [4.69, 9.17) is 10.3 Å². The molecular weight excluding hydrogens is 376 g/mol. The summed E-state index contributed by atoms with van der Waals surface area (Å²) in [5.74, 6) is -0.491. The van der Waals surface area contributed by atoms with Gasteiger partial charge in [0, 0.05) is 23.2 Å². The molecule has 7 nitrogen and oxygen atoms in total. The van der Waals surface area contributed by atoms with E-state index in [9.17, 15) is 9.59 Å². The first kappa shape index (κ1) is 18.1. The zero-order valence-corrected chi connectivity index (χ0v) is 16.5. The summed E-state index contributed by atoms with van der Waals surface area (Å²) in [7, 11) is 0. The number of carbonyl (C=O) groups is 1. The van der Waals surface area contributed by atoms with Gasteiger partial charge in [0.15, 0.2) is 0 Å². The summed E-state index contributed by atoms with van der Waals surface area (Å²) in [6.07, 6.45) is 0.828. The number of hydrogen-bond donors (Lipinski definition) is 2. The quantitative estimate of drug-likeness (QED) is 0.408. The van der Waals surface area contributed by atoms with Gasteiger partial charge in [-0.15, -0.1) is 11.3 Å². The molecule has 0 saturated carbocycles. The summed E-state index contributed by atoms with van der Waals surface area (Å²) in [5.41, 5.74) is 9.50. The van der Waals surface area contributed by atoms with E-state index in [1.54, 1.807) is 24.3 Å². The van der Waals surface area contributed by atoms with Gasteiger partial charge in [-0.25, -0.2) is 9.78 Å². The van der Waals surface area contributed by atoms with E-state index < -0.39 is 11.4 Å². The van der Waals surface area contributed by atoms with Gasteiger partial charge in [0.2, 0.25) is 5.69 Å². The fourth-order valence-corrected chi connectivity index (χ4v) is 4.68. The number of aryl methyl sites for hydroxylation is 2. The molecule has 0 aliphatic heterocycles. The fourth-order valence-electron chi connectivity index (χ4n) is 3.54. The topological polar surface area (TPSA) is 106 Å². The van der Waals surface area contributed by atoms with Crippen molar-refractivity contribution in [1.29, 1.82) is 0 Å². The van der Waals surface area contributed by atoms with Crippen LogP contribution in [0.15, 0.2) is 39.6 Å². The van der Waals surface area contributed by atoms with Crippen molar-refractivity contribution >= 4 is 33.0 Å². The maximum atomic E-state index is 13.3. The molecule has 0 aliphatic rings. The standard InChI is InChI=1S/C20H18N4O3S/c1-4-13-10(2)14-15(21)18(28-19(14)22-11(13)3)17(25)16-20(26)27-23-24(16)12-8-6-5-7-9-12/h5-9H,4H2,1-3H3,(H2-,21,23,25,26)/p+1. The summed E-state index contributed by atoms with van der Waals surface area (Å²) in [4.78, 5) is 31.2. The molecule has 3 aromatic heterocycles. The van der Waals surface area contributed by atoms with Crippen molar-refractivity contribution in [3.05, 3.63) is 68.1 Å². The number of pyridine rings is 1. The van der Waals surface area contributed by atoms with Crippen molar-refractivity contribution in [1.82, 2.24) is 10.3 Å². The highest BCUT2D eigenvalue weighted by atomic mass is 32.1. The predicted octanol–water partition coefficient (Wildman–Crippen LogP) is 2.85. The number of thiophene rings is 1. The molecule has 0 bridgehead atoms. The van der Waals surface area contributed by atoms with Crippen LogP contribution in [0.2, 0.25) is 0 Å². The third-order valence-corrected chi connectivity index (χ3v) is 5.99. The summed E-state index contributed by atoms with van der Waals surface area (Å²) in [5, 5.41) is 3.27. The minimum atomic E-state index is -0.749. The second-order valence-electron chi connectivity index (χ2n) is 6.51. The number of benzene rings is 1. The van der Waals surface area contributed by atoms with Crippen LogP contribution < -0.4 is 16.0 Å². The Morgan fingerprint density at radius 1 is 1.29 bits per heavy atom. The lowest BCUT2D eigenvalue weighted by Gasteiger charge is -2.08. The third-order valence-electron chi connectivity index (χ3n) is 4.90. The van der Waals surface area contributed by atoms with Gasteiger partial charge in [-0.2, -0.15) is 0 Å². The highest BCUT2D eigenvalue weighted by molar-refractivity contribution is 7.21. The van der Waals surface area contributed by atoms with E-state index in [-0.39, 0.29) is 10.6 Å². The summed E-state index contributed by atoms with van der Waals surface area (Å²) >= 11 is 1.20. The van der Waals surface area contributed by atoms with Gasteiger partial charge in [0.25, 0.3) is 5.78 Å². The van der Waals surface area contributed by atoms with Gasteiger partial charge in [-0.05, 0) is 41.3 Å². The second-order valence-corrected chi connectivity index (χ2v) is 7.51. The average molecular weight is 395 g/mol. The molecule has 0 aliphatic carbocycles. The van der Waals surface area contributed by atoms with Crippen LogP contribution in [-0.4, -0.2) is 16.0 Å². The molecule has 8 heteroatoms. The van der Waals surface area contributed by atoms with E-state index in [2.05, 4.69) is 17.2 Å². The van der Waals surface area contributed by atoms with Gasteiger partial charge >= 0.3 is 11.3 Å². The SMILES string of the molecule is CCc1c(C)nc2sc(C(=O)c3c(=O)o[nH][n+]3-c3ccccc3)c(N)c2c1C. The lowest BCUT2D eigenvalue weighted by Crippen LogP contribution is -2.41. The number of hydrogen-bond acceptors (Lipinski definition) is 6. The maximum absolute atomic E-state index is 13.3. The molecule has 0 atom stereocenters. The van der Waals surface area contributed by atoms with Gasteiger partial charge < -0.3 is 5.73 Å². The Morgan fingerprint density at radius 3 is 2.68 bits per heavy atom. The van der Waals surface area contributed by atoms with Crippen LogP contribution in [0.25, 0.3) is 15.9 Å². The lowest BCUT2D eigenvalue weighted by molar-refractivity contribution is -0.672. The first-order valence-corrected chi connectivity index (χ1v) is 9.67. The Balaban J connectivity index is 1.92. The number of H-pyrrole nitrogens is 1. The van der Waals surface area contributed by atoms with Crippen LogP contribution in [0.1, 0.15) is 39.1 Å². The summed E-state index contributed by atoms with van der Waals surface area (Å²) in [6.45, 7) is 6.00. The zero-order chi connectivity index (χ0) is 20.0. The number of rotatable bonds is 4. The van der Waals surface area contributed by atoms with Crippen molar-refractivity contribution < 1.29 is 14.0 Å². The lowest BCUT2D eigenvalue weighted by atomic mass is 10.0. The number of nitrogens with zero attached hydrogens (tertiary/aromatic N) is 2. The number of anilines is 1. The molecular formula is C20H19N4O3S+. The first-order chi connectivity index (χ1) is 13.4. The minimum absolute atomic E-state index is 0.130. The number of fused-ring (bicyclic) bond motifs is 1. The maximum Gasteiger partial charge on any atom is 0.439 e. The van der Waals surface area contributed by atoms with Crippen LogP contribution in [-0.2, 0) is 6.42 Å². The minimum Gasteiger partial charge on any atom is -0.397 e. The van der Waals surface area contributed by atoms with Crippen molar-refractivity contribution in [2.24, 2.45) is 0 Å². The molecule has 3 N–H and O–H groups in total. The number of para-hydroxylation sites is 1. The van der Waals surface area contributed by atoms with E-state index in [1.165, 1.54) is 16.0 Å². The molecule has 3 heterocycles. The largest absolute Gasteiger partial charge is 0.439 e. The second kappa shape index (κ2) is 6.72. The first-order valence-electron chi connectivity index (χ1n) is 8.85. The summed E-state index contributed by atoms with van der Waals surface area (Å²) in [6, 6.07) is 8.98. The van der Waals surface area contributed by atoms with E-state index >= 15 is 0 Å². The Labute approximate surface area is 164 Å². The van der Waals surface area contributed by atoms with Crippen LogP contribution in [0.3, 0.4) is 0 Å². The number of carbonyl (C=O) groups excluding carboxylic acids is 1. The molecule has 0 radical (unpaired) electrons. The molecule has 0 unspecified atom stereocenters. The number of aromatic nitrogens is 3. The van der Waals surface area contributed by atoms with Crippen molar-refractivity contribution in [2.45, 2.75) is 27.2 Å². The van der Waals surface area contributed by atoms with Crippen molar-refractivity contribution in [3.8, 4) is 5.69 Å². The molecule has 0 saturated heterocycles. The Bertz CT molecular complexity index is 1270. The van der Waals surface area contributed by atoms with Gasteiger partial charge in [0.05, 0.1) is 5.69 Å². The molecule has 142 valence electrons. The molecule has 0 fully saturated rings. The predicted molar refractivity (Wildman–Crippen MR) is 107 cm³/mol. The molecule has 0 amide bonds. The Kier molecular flexibility index (Phi) is 4.35. The molecule has 4 rings (SSSR count). The highest BCUT2D eigenvalue weighted by Crippen LogP contribution is 2.37. The van der Waals surface area contributed by atoms with E-state index in [0.717, 1.165) is 28.6 Å². The van der Waals surface area contributed by atoms with Gasteiger partial charge in [0.1, 0.15) is 9.71 Å². The molecule has 4 aromatic rings.